The molecule has 5 nitrogen and oxygen atoms in total. The fraction of sp³-hybridized carbons (Fsp3) is 0.300. The Morgan fingerprint density at radius 1 is 1.12 bits per heavy atom. The molecule has 3 aromatic rings. The highest BCUT2D eigenvalue weighted by molar-refractivity contribution is 6.30. The Kier molecular flexibility index (Phi) is 4.11. The van der Waals surface area contributed by atoms with Crippen LogP contribution >= 0.6 is 11.6 Å². The molecule has 4 rings (SSSR count). The molecule has 6 heteroatoms. The number of para-hydroxylation sites is 2. The van der Waals surface area contributed by atoms with Crippen molar-refractivity contribution < 1.29 is 4.79 Å². The van der Waals surface area contributed by atoms with Crippen LogP contribution in [0.15, 0.2) is 53.3 Å². The van der Waals surface area contributed by atoms with Gasteiger partial charge in [-0.15, -0.1) is 0 Å². The average molecular weight is 370 g/mol. The number of hydrogen-bond donors (Lipinski definition) is 1. The Balaban J connectivity index is 1.60. The number of aromatic nitrogens is 2. The summed E-state index contributed by atoms with van der Waals surface area (Å²) in [6.45, 7) is 0.00945. The van der Waals surface area contributed by atoms with Crippen molar-refractivity contribution in [2.45, 2.75) is 31.3 Å². The van der Waals surface area contributed by atoms with Gasteiger partial charge < -0.3 is 5.32 Å². The van der Waals surface area contributed by atoms with Gasteiger partial charge in [0.05, 0.1) is 16.6 Å². The van der Waals surface area contributed by atoms with E-state index in [-0.39, 0.29) is 23.7 Å². The Labute approximate surface area is 156 Å². The molecule has 0 bridgehead atoms. The maximum atomic E-state index is 12.8. The van der Waals surface area contributed by atoms with Crippen molar-refractivity contribution in [1.82, 2.24) is 14.5 Å². The molecule has 2 aromatic carbocycles. The second kappa shape index (κ2) is 6.32. The Hall–Kier alpha value is -2.53. The van der Waals surface area contributed by atoms with Crippen LogP contribution in [0.2, 0.25) is 5.02 Å². The van der Waals surface area contributed by atoms with E-state index in [1.807, 2.05) is 48.5 Å². The van der Waals surface area contributed by atoms with Gasteiger partial charge in [-0.2, -0.15) is 0 Å². The Morgan fingerprint density at radius 3 is 2.38 bits per heavy atom. The number of rotatable bonds is 4. The number of carbonyl (C=O) groups is 1. The first kappa shape index (κ1) is 16.9. The lowest BCUT2D eigenvalue weighted by Crippen LogP contribution is -2.52. The second-order valence-corrected chi connectivity index (χ2v) is 7.34. The lowest BCUT2D eigenvalue weighted by atomic mass is 9.72. The van der Waals surface area contributed by atoms with Gasteiger partial charge in [-0.25, -0.2) is 4.79 Å². The van der Waals surface area contributed by atoms with Crippen LogP contribution in [0, 0.1) is 0 Å². The number of benzene rings is 2. The molecule has 0 radical (unpaired) electrons. The number of imidazole rings is 1. The van der Waals surface area contributed by atoms with Crippen molar-refractivity contribution >= 4 is 28.5 Å². The summed E-state index contributed by atoms with van der Waals surface area (Å²) in [6, 6.07) is 15.1. The molecular formula is C20H20ClN3O2. The molecule has 1 aromatic heterocycles. The summed E-state index contributed by atoms with van der Waals surface area (Å²) in [5.74, 6) is -0.155. The third-order valence-electron chi connectivity index (χ3n) is 5.34. The van der Waals surface area contributed by atoms with Crippen LogP contribution in [0.3, 0.4) is 0 Å². The molecule has 0 saturated heterocycles. The van der Waals surface area contributed by atoms with E-state index < -0.39 is 0 Å². The molecule has 0 spiro atoms. The van der Waals surface area contributed by atoms with E-state index in [1.165, 1.54) is 4.57 Å². The second-order valence-electron chi connectivity index (χ2n) is 6.91. The third-order valence-corrected chi connectivity index (χ3v) is 5.59. The number of aryl methyl sites for hydroxylation is 1. The van der Waals surface area contributed by atoms with E-state index in [0.29, 0.717) is 5.02 Å². The monoisotopic (exact) mass is 369 g/mol. The number of fused-ring (bicyclic) bond motifs is 1. The topological polar surface area (TPSA) is 56.0 Å². The molecule has 1 heterocycles. The molecule has 134 valence electrons. The maximum Gasteiger partial charge on any atom is 0.329 e. The van der Waals surface area contributed by atoms with Crippen LogP contribution in [-0.4, -0.2) is 15.0 Å². The quantitative estimate of drug-likeness (QED) is 0.767. The third kappa shape index (κ3) is 2.72. The first-order valence-electron chi connectivity index (χ1n) is 8.71. The highest BCUT2D eigenvalue weighted by Crippen LogP contribution is 2.41. The van der Waals surface area contributed by atoms with Crippen LogP contribution in [0.4, 0.5) is 0 Å². The molecule has 1 aliphatic carbocycles. The van der Waals surface area contributed by atoms with Gasteiger partial charge in [0.2, 0.25) is 5.91 Å². The summed E-state index contributed by atoms with van der Waals surface area (Å²) >= 11 is 5.98. The van der Waals surface area contributed by atoms with Gasteiger partial charge in [-0.1, -0.05) is 35.9 Å². The standard InChI is InChI=1S/C20H20ClN3O2/c1-23-16-5-2-3-6-17(16)24(19(23)26)13-18(25)22-20(11-4-12-20)14-7-9-15(21)10-8-14/h2-3,5-10H,4,11-13H2,1H3,(H,22,25). The van der Waals surface area contributed by atoms with Gasteiger partial charge >= 0.3 is 5.69 Å². The smallest absolute Gasteiger partial charge is 0.329 e. The van der Waals surface area contributed by atoms with E-state index in [1.54, 1.807) is 11.6 Å². The first-order valence-corrected chi connectivity index (χ1v) is 9.09. The number of halogens is 1. The highest BCUT2D eigenvalue weighted by atomic mass is 35.5. The fourth-order valence-electron chi connectivity index (χ4n) is 3.75. The normalized spacial score (nSPS) is 15.6. The molecule has 1 saturated carbocycles. The zero-order valence-electron chi connectivity index (χ0n) is 14.5. The van der Waals surface area contributed by atoms with Crippen LogP contribution in [0.5, 0.6) is 0 Å². The number of nitrogens with one attached hydrogen (secondary N) is 1. The van der Waals surface area contributed by atoms with Crippen molar-refractivity contribution in [3.05, 3.63) is 69.6 Å². The average Bonchev–Trinajstić information content (AvgIpc) is 2.84. The SMILES string of the molecule is Cn1c(=O)n(CC(=O)NC2(c3ccc(Cl)cc3)CCC2)c2ccccc21. The van der Waals surface area contributed by atoms with Gasteiger partial charge in [-0.3, -0.25) is 13.9 Å². The molecule has 0 unspecified atom stereocenters. The van der Waals surface area contributed by atoms with E-state index in [2.05, 4.69) is 5.32 Å². The largest absolute Gasteiger partial charge is 0.345 e. The van der Waals surface area contributed by atoms with Crippen molar-refractivity contribution in [1.29, 1.82) is 0 Å². The molecule has 0 aliphatic heterocycles. The van der Waals surface area contributed by atoms with E-state index in [0.717, 1.165) is 35.9 Å². The predicted octanol–water partition coefficient (Wildman–Crippen LogP) is 3.19. The summed E-state index contributed by atoms with van der Waals surface area (Å²) in [5.41, 5.74) is 2.11. The molecular weight excluding hydrogens is 350 g/mol. The Bertz CT molecular complexity index is 1030. The number of nitrogens with zero attached hydrogens (tertiary/aromatic N) is 2. The number of hydrogen-bond acceptors (Lipinski definition) is 2. The molecule has 0 atom stereocenters. The highest BCUT2D eigenvalue weighted by Gasteiger charge is 2.40. The summed E-state index contributed by atoms with van der Waals surface area (Å²) < 4.78 is 3.10. The zero-order chi connectivity index (χ0) is 18.3. The van der Waals surface area contributed by atoms with Gasteiger partial charge in [0.15, 0.2) is 0 Å². The molecule has 1 amide bonds. The lowest BCUT2D eigenvalue weighted by Gasteiger charge is -2.43. The van der Waals surface area contributed by atoms with E-state index >= 15 is 0 Å². The van der Waals surface area contributed by atoms with Crippen molar-refractivity contribution in [3.63, 3.8) is 0 Å². The summed E-state index contributed by atoms with van der Waals surface area (Å²) in [5, 5.41) is 3.84. The van der Waals surface area contributed by atoms with Gasteiger partial charge in [-0.05, 0) is 49.1 Å². The van der Waals surface area contributed by atoms with Crippen LogP contribution in [0.25, 0.3) is 11.0 Å². The molecule has 26 heavy (non-hydrogen) atoms. The lowest BCUT2D eigenvalue weighted by molar-refractivity contribution is -0.125. The maximum absolute atomic E-state index is 12.8. The van der Waals surface area contributed by atoms with Gasteiger partial charge in [0.1, 0.15) is 6.54 Å². The summed E-state index contributed by atoms with van der Waals surface area (Å²) in [7, 11) is 1.72. The van der Waals surface area contributed by atoms with Crippen molar-refractivity contribution in [2.75, 3.05) is 0 Å². The zero-order valence-corrected chi connectivity index (χ0v) is 15.3. The molecule has 1 N–H and O–H groups in total. The summed E-state index contributed by atoms with van der Waals surface area (Å²) in [4.78, 5) is 25.3. The molecule has 1 fully saturated rings. The van der Waals surface area contributed by atoms with Crippen LogP contribution in [-0.2, 0) is 23.9 Å². The molecule has 1 aliphatic rings. The minimum absolute atomic E-state index is 0.00945. The van der Waals surface area contributed by atoms with E-state index in [9.17, 15) is 9.59 Å². The van der Waals surface area contributed by atoms with Crippen LogP contribution in [0.1, 0.15) is 24.8 Å². The Morgan fingerprint density at radius 2 is 1.77 bits per heavy atom. The van der Waals surface area contributed by atoms with Crippen LogP contribution < -0.4 is 11.0 Å². The van der Waals surface area contributed by atoms with Crippen molar-refractivity contribution in [2.24, 2.45) is 7.05 Å². The van der Waals surface area contributed by atoms with Crippen molar-refractivity contribution in [3.8, 4) is 0 Å². The summed E-state index contributed by atoms with van der Waals surface area (Å²) in [6.07, 6.45) is 2.85. The number of amides is 1. The van der Waals surface area contributed by atoms with Gasteiger partial charge in [0.25, 0.3) is 0 Å². The fourth-order valence-corrected chi connectivity index (χ4v) is 3.88. The predicted molar refractivity (Wildman–Crippen MR) is 102 cm³/mol. The first-order chi connectivity index (χ1) is 12.5. The minimum Gasteiger partial charge on any atom is -0.345 e. The van der Waals surface area contributed by atoms with E-state index in [4.69, 9.17) is 11.6 Å². The van der Waals surface area contributed by atoms with Gasteiger partial charge in [0, 0.05) is 12.1 Å². The number of carbonyl (C=O) groups excluding carboxylic acids is 1. The minimum atomic E-state index is -0.351.